The van der Waals surface area contributed by atoms with Crippen molar-refractivity contribution in [2.24, 2.45) is 5.10 Å². The third-order valence-electron chi connectivity index (χ3n) is 5.76. The highest BCUT2D eigenvalue weighted by Gasteiger charge is 2.21. The molecule has 176 valence electrons. The van der Waals surface area contributed by atoms with Crippen LogP contribution in [-0.4, -0.2) is 64.5 Å². The van der Waals surface area contributed by atoms with E-state index in [0.717, 1.165) is 51.9 Å². The Labute approximate surface area is 191 Å². The van der Waals surface area contributed by atoms with Gasteiger partial charge in [0.1, 0.15) is 0 Å². The number of aromatic nitrogens is 3. The fourth-order valence-corrected chi connectivity index (χ4v) is 4.02. The molecule has 1 aromatic carbocycles. The van der Waals surface area contributed by atoms with E-state index in [4.69, 9.17) is 9.72 Å². The number of rotatable bonds is 7. The van der Waals surface area contributed by atoms with E-state index < -0.39 is 16.4 Å². The first kappa shape index (κ1) is 22.5. The van der Waals surface area contributed by atoms with Crippen LogP contribution in [0.2, 0.25) is 0 Å². The van der Waals surface area contributed by atoms with Crippen LogP contribution in [0, 0.1) is 10.1 Å². The molecule has 3 heterocycles. The van der Waals surface area contributed by atoms with E-state index in [0.29, 0.717) is 23.4 Å². The highest BCUT2D eigenvalue weighted by molar-refractivity contribution is 5.83. The van der Waals surface area contributed by atoms with E-state index in [9.17, 15) is 15.2 Å². The second-order valence-electron chi connectivity index (χ2n) is 8.07. The molecule has 12 nitrogen and oxygen atoms in total. The number of phenolic OH excluding ortho intramolecular Hbond substituents is 1. The Morgan fingerprint density at radius 1 is 1.03 bits per heavy atom. The van der Waals surface area contributed by atoms with Crippen molar-refractivity contribution >= 4 is 29.7 Å². The number of hydrogen-bond acceptors (Lipinski definition) is 11. The molecule has 4 rings (SSSR count). The van der Waals surface area contributed by atoms with Crippen molar-refractivity contribution in [2.75, 3.05) is 48.5 Å². The minimum absolute atomic E-state index is 0.00872. The summed E-state index contributed by atoms with van der Waals surface area (Å²) in [5, 5.41) is 25.3. The Morgan fingerprint density at radius 3 is 2.12 bits per heavy atom. The molecular weight excluding hydrogens is 428 g/mol. The molecular formula is C21H28N8O4. The minimum atomic E-state index is -0.676. The maximum absolute atomic E-state index is 11.2. The maximum atomic E-state index is 11.2. The van der Waals surface area contributed by atoms with Gasteiger partial charge in [-0.3, -0.25) is 10.1 Å². The monoisotopic (exact) mass is 456 g/mol. The first-order chi connectivity index (χ1) is 16.0. The molecule has 0 bridgehead atoms. The van der Waals surface area contributed by atoms with Crippen molar-refractivity contribution in [2.45, 2.75) is 38.5 Å². The predicted molar refractivity (Wildman–Crippen MR) is 124 cm³/mol. The standard InChI is InChI=1S/C21H28N8O4/c1-33-17-13-15(12-16(18(17)30)29(31)32)14-22-26-19-23-20(27-8-4-2-5-9-27)25-21(24-19)28-10-6-3-7-11-28/h12-14,30H,2-11H2,1H3,(H,23,24,25,26)/b22-14-. The second kappa shape index (κ2) is 10.3. The first-order valence-corrected chi connectivity index (χ1v) is 11.2. The Kier molecular flexibility index (Phi) is 7.01. The normalized spacial score (nSPS) is 16.8. The van der Waals surface area contributed by atoms with Crippen molar-refractivity contribution in [3.05, 3.63) is 27.8 Å². The van der Waals surface area contributed by atoms with Gasteiger partial charge in [0.15, 0.2) is 5.75 Å². The molecule has 33 heavy (non-hydrogen) atoms. The minimum Gasteiger partial charge on any atom is -0.500 e. The average Bonchev–Trinajstić information content (AvgIpc) is 2.85. The maximum Gasteiger partial charge on any atom is 0.315 e. The first-order valence-electron chi connectivity index (χ1n) is 11.2. The molecule has 1 aromatic heterocycles. The van der Waals surface area contributed by atoms with Crippen LogP contribution < -0.4 is 20.0 Å². The molecule has 0 saturated carbocycles. The van der Waals surface area contributed by atoms with Gasteiger partial charge in [-0.05, 0) is 44.6 Å². The van der Waals surface area contributed by atoms with Gasteiger partial charge in [-0.25, -0.2) is 5.43 Å². The van der Waals surface area contributed by atoms with Crippen molar-refractivity contribution in [3.63, 3.8) is 0 Å². The summed E-state index contributed by atoms with van der Waals surface area (Å²) in [5.41, 5.74) is 2.75. The molecule has 0 unspecified atom stereocenters. The molecule has 0 amide bonds. The summed E-state index contributed by atoms with van der Waals surface area (Å²) in [4.78, 5) is 28.7. The molecule has 12 heteroatoms. The van der Waals surface area contributed by atoms with Gasteiger partial charge >= 0.3 is 5.69 Å². The van der Waals surface area contributed by atoms with Crippen molar-refractivity contribution in [1.82, 2.24) is 15.0 Å². The fourth-order valence-electron chi connectivity index (χ4n) is 4.02. The Balaban J connectivity index is 1.58. The van der Waals surface area contributed by atoms with Crippen LogP contribution in [0.3, 0.4) is 0 Å². The molecule has 2 N–H and O–H groups in total. The predicted octanol–water partition coefficient (Wildman–Crippen LogP) is 2.92. The number of nitro groups is 1. The molecule has 0 atom stereocenters. The summed E-state index contributed by atoms with van der Waals surface area (Å²) in [6.07, 6.45) is 8.22. The smallest absolute Gasteiger partial charge is 0.315 e. The molecule has 2 aromatic rings. The lowest BCUT2D eigenvalue weighted by molar-refractivity contribution is -0.386. The molecule has 0 radical (unpaired) electrons. The van der Waals surface area contributed by atoms with Crippen LogP contribution in [0.25, 0.3) is 0 Å². The van der Waals surface area contributed by atoms with Gasteiger partial charge in [0.2, 0.25) is 23.6 Å². The molecule has 2 aliphatic heterocycles. The average molecular weight is 457 g/mol. The summed E-state index contributed by atoms with van der Waals surface area (Å²) in [6.45, 7) is 3.62. The number of nitrogens with one attached hydrogen (secondary N) is 1. The molecule has 2 saturated heterocycles. The molecule has 2 fully saturated rings. The number of piperidine rings is 2. The number of benzene rings is 1. The number of phenols is 1. The lowest BCUT2D eigenvalue weighted by Crippen LogP contribution is -2.34. The Bertz CT molecular complexity index is 983. The van der Waals surface area contributed by atoms with E-state index in [2.05, 4.69) is 30.3 Å². The summed E-state index contributed by atoms with van der Waals surface area (Å²) in [7, 11) is 1.33. The Morgan fingerprint density at radius 2 is 1.61 bits per heavy atom. The van der Waals surface area contributed by atoms with Gasteiger partial charge in [-0.2, -0.15) is 20.1 Å². The quantitative estimate of drug-likeness (QED) is 0.363. The van der Waals surface area contributed by atoms with E-state index in [1.807, 2.05) is 0 Å². The third-order valence-corrected chi connectivity index (χ3v) is 5.76. The van der Waals surface area contributed by atoms with Crippen LogP contribution >= 0.6 is 0 Å². The number of hydrogen-bond donors (Lipinski definition) is 2. The lowest BCUT2D eigenvalue weighted by atomic mass is 10.1. The summed E-state index contributed by atoms with van der Waals surface area (Å²) in [6, 6.07) is 2.67. The van der Waals surface area contributed by atoms with E-state index in [1.54, 1.807) is 0 Å². The van der Waals surface area contributed by atoms with Crippen molar-refractivity contribution in [1.29, 1.82) is 0 Å². The zero-order valence-corrected chi connectivity index (χ0v) is 18.6. The number of ether oxygens (including phenoxy) is 1. The summed E-state index contributed by atoms with van der Waals surface area (Å²) in [5.74, 6) is 1.03. The summed E-state index contributed by atoms with van der Waals surface area (Å²) < 4.78 is 5.03. The number of nitro benzene ring substituents is 1. The zero-order chi connectivity index (χ0) is 23.2. The number of anilines is 3. The molecule has 2 aliphatic rings. The SMILES string of the molecule is COc1cc(/C=N\Nc2nc(N3CCCCC3)nc(N3CCCCC3)n2)cc([N+](=O)[O-])c1O. The van der Waals surface area contributed by atoms with E-state index in [1.165, 1.54) is 38.3 Å². The van der Waals surface area contributed by atoms with Crippen LogP contribution in [-0.2, 0) is 0 Å². The van der Waals surface area contributed by atoms with Gasteiger partial charge in [-0.1, -0.05) is 0 Å². The van der Waals surface area contributed by atoms with Crippen molar-refractivity contribution < 1.29 is 14.8 Å². The van der Waals surface area contributed by atoms with Gasteiger partial charge in [0.25, 0.3) is 0 Å². The van der Waals surface area contributed by atoms with Crippen LogP contribution in [0.5, 0.6) is 11.5 Å². The topological polar surface area (TPSA) is 142 Å². The van der Waals surface area contributed by atoms with Gasteiger partial charge in [-0.15, -0.1) is 0 Å². The highest BCUT2D eigenvalue weighted by Crippen LogP contribution is 2.36. The van der Waals surface area contributed by atoms with Crippen molar-refractivity contribution in [3.8, 4) is 11.5 Å². The fraction of sp³-hybridized carbons (Fsp3) is 0.524. The highest BCUT2D eigenvalue weighted by atomic mass is 16.6. The van der Waals surface area contributed by atoms with Gasteiger partial charge in [0, 0.05) is 37.8 Å². The summed E-state index contributed by atoms with van der Waals surface area (Å²) >= 11 is 0. The second-order valence-corrected chi connectivity index (χ2v) is 8.07. The van der Waals surface area contributed by atoms with E-state index >= 15 is 0 Å². The van der Waals surface area contributed by atoms with Gasteiger partial charge in [0.05, 0.1) is 18.2 Å². The Hall–Kier alpha value is -3.70. The number of hydrazone groups is 1. The molecule has 0 aliphatic carbocycles. The van der Waals surface area contributed by atoms with Crippen LogP contribution in [0.1, 0.15) is 44.1 Å². The zero-order valence-electron chi connectivity index (χ0n) is 18.6. The third kappa shape index (κ3) is 5.38. The van der Waals surface area contributed by atoms with Crippen LogP contribution in [0.4, 0.5) is 23.5 Å². The van der Waals surface area contributed by atoms with Gasteiger partial charge < -0.3 is 19.6 Å². The molecule has 0 spiro atoms. The van der Waals surface area contributed by atoms with E-state index in [-0.39, 0.29) is 5.75 Å². The number of nitrogens with zero attached hydrogens (tertiary/aromatic N) is 7. The van der Waals surface area contributed by atoms with Crippen LogP contribution in [0.15, 0.2) is 17.2 Å². The number of aromatic hydroxyl groups is 1. The lowest BCUT2D eigenvalue weighted by Gasteiger charge is -2.30. The number of methoxy groups -OCH3 is 1. The largest absolute Gasteiger partial charge is 0.500 e.